The molecule has 5 rings (SSSR count). The van der Waals surface area contributed by atoms with Crippen LogP contribution in [-0.4, -0.2) is 41.6 Å². The average Bonchev–Trinajstić information content (AvgIpc) is 3.55. The number of thiocarbonyl (C=S) groups is 1. The lowest BCUT2D eigenvalue weighted by atomic mass is 10.0. The zero-order valence-corrected chi connectivity index (χ0v) is 22.8. The number of nitrogens with one attached hydrogen (secondary N) is 1. The molecule has 0 amide bonds. The zero-order valence-electron chi connectivity index (χ0n) is 21.2. The molecule has 196 valence electrons. The fourth-order valence-electron chi connectivity index (χ4n) is 4.66. The molecule has 0 radical (unpaired) electrons. The van der Waals surface area contributed by atoms with Crippen molar-refractivity contribution in [2.24, 2.45) is 0 Å². The Balaban J connectivity index is 1.56. The number of pyridine rings is 1. The Kier molecular flexibility index (Phi) is 8.12. The van der Waals surface area contributed by atoms with Crippen LogP contribution in [0.25, 0.3) is 5.69 Å². The number of nitrogens with zero attached hydrogens (tertiary/aromatic N) is 3. The summed E-state index contributed by atoms with van der Waals surface area (Å²) < 4.78 is 18.7. The third-order valence-electron chi connectivity index (χ3n) is 6.35. The molecular formula is C29H29ClN4O3S. The van der Waals surface area contributed by atoms with Gasteiger partial charge in [0.25, 0.3) is 0 Å². The van der Waals surface area contributed by atoms with Crippen LogP contribution in [0.5, 0.6) is 11.5 Å². The highest BCUT2D eigenvalue weighted by molar-refractivity contribution is 7.80. The van der Waals surface area contributed by atoms with Crippen molar-refractivity contribution in [1.82, 2.24) is 14.9 Å². The van der Waals surface area contributed by atoms with E-state index in [2.05, 4.69) is 44.2 Å². The first-order chi connectivity index (χ1) is 18.6. The first kappa shape index (κ1) is 26.0. The minimum Gasteiger partial charge on any atom is -0.494 e. The smallest absolute Gasteiger partial charge is 0.174 e. The first-order valence-corrected chi connectivity index (χ1v) is 13.2. The van der Waals surface area contributed by atoms with Crippen LogP contribution in [0.2, 0.25) is 5.02 Å². The second-order valence-corrected chi connectivity index (χ2v) is 9.48. The molecule has 0 unspecified atom stereocenters. The van der Waals surface area contributed by atoms with Crippen LogP contribution in [0, 0.1) is 0 Å². The molecule has 7 nitrogen and oxygen atoms in total. The van der Waals surface area contributed by atoms with Crippen LogP contribution in [0.15, 0.2) is 85.2 Å². The summed E-state index contributed by atoms with van der Waals surface area (Å²) in [6.07, 6.45) is 3.86. The quantitative estimate of drug-likeness (QED) is 0.189. The maximum Gasteiger partial charge on any atom is 0.174 e. The molecule has 1 aliphatic rings. The minimum atomic E-state index is -0.199. The van der Waals surface area contributed by atoms with E-state index in [1.165, 1.54) is 0 Å². The molecule has 3 heterocycles. The van der Waals surface area contributed by atoms with Crippen molar-refractivity contribution in [2.75, 3.05) is 31.8 Å². The van der Waals surface area contributed by atoms with Crippen LogP contribution in [-0.2, 0) is 4.74 Å². The topological polar surface area (TPSA) is 60.8 Å². The van der Waals surface area contributed by atoms with Crippen molar-refractivity contribution < 1.29 is 14.2 Å². The lowest BCUT2D eigenvalue weighted by Crippen LogP contribution is -2.30. The van der Waals surface area contributed by atoms with Crippen molar-refractivity contribution in [2.45, 2.75) is 19.0 Å². The standard InChI is InChI=1S/C29H29ClN4O3S/c1-3-36-22-12-9-20(10-13-22)33-16-6-8-25(33)28-27(24-7-4-5-15-31-24)32-29(38)34(28)21-11-14-26(23(30)19-21)37-18-17-35-2/h4-16,19,27-28H,3,17-18H2,1-2H3,(H,32,38)/t27-,28+/m1/s1. The van der Waals surface area contributed by atoms with E-state index in [1.807, 2.05) is 61.5 Å². The van der Waals surface area contributed by atoms with Crippen molar-refractivity contribution in [3.05, 3.63) is 102 Å². The summed E-state index contributed by atoms with van der Waals surface area (Å²) in [4.78, 5) is 6.76. The van der Waals surface area contributed by atoms with E-state index in [9.17, 15) is 0 Å². The second kappa shape index (κ2) is 11.9. The van der Waals surface area contributed by atoms with Gasteiger partial charge in [0.2, 0.25) is 0 Å². The van der Waals surface area contributed by atoms with Gasteiger partial charge in [-0.3, -0.25) is 4.98 Å². The molecular weight excluding hydrogens is 520 g/mol. The largest absolute Gasteiger partial charge is 0.494 e. The lowest BCUT2D eigenvalue weighted by molar-refractivity contribution is 0.146. The van der Waals surface area contributed by atoms with Crippen LogP contribution in [0.1, 0.15) is 30.4 Å². The Hall–Kier alpha value is -3.59. The van der Waals surface area contributed by atoms with Crippen molar-refractivity contribution in [1.29, 1.82) is 0 Å². The molecule has 2 aromatic heterocycles. The van der Waals surface area contributed by atoms with Gasteiger partial charge in [-0.2, -0.15) is 0 Å². The molecule has 9 heteroatoms. The molecule has 4 aromatic rings. The van der Waals surface area contributed by atoms with E-state index in [0.29, 0.717) is 35.7 Å². The highest BCUT2D eigenvalue weighted by atomic mass is 35.5. The monoisotopic (exact) mass is 548 g/mol. The fraction of sp³-hybridized carbons (Fsp3) is 0.241. The van der Waals surface area contributed by atoms with Gasteiger partial charge in [-0.1, -0.05) is 17.7 Å². The number of halogens is 1. The van der Waals surface area contributed by atoms with Crippen LogP contribution in [0.4, 0.5) is 5.69 Å². The number of rotatable bonds is 10. The number of ether oxygens (including phenoxy) is 3. The van der Waals surface area contributed by atoms with Gasteiger partial charge in [-0.15, -0.1) is 0 Å². The lowest BCUT2D eigenvalue weighted by Gasteiger charge is -2.29. The number of anilines is 1. The molecule has 0 saturated carbocycles. The molecule has 0 bridgehead atoms. The molecule has 1 fully saturated rings. The molecule has 2 atom stereocenters. The van der Waals surface area contributed by atoms with E-state index in [-0.39, 0.29) is 12.1 Å². The summed E-state index contributed by atoms with van der Waals surface area (Å²) in [5.74, 6) is 1.44. The predicted molar refractivity (Wildman–Crippen MR) is 154 cm³/mol. The number of methoxy groups -OCH3 is 1. The van der Waals surface area contributed by atoms with E-state index in [0.717, 1.165) is 28.5 Å². The van der Waals surface area contributed by atoms with E-state index in [1.54, 1.807) is 13.3 Å². The first-order valence-electron chi connectivity index (χ1n) is 12.4. The molecule has 1 saturated heterocycles. The molecule has 1 aliphatic heterocycles. The van der Waals surface area contributed by atoms with Crippen LogP contribution >= 0.6 is 23.8 Å². The van der Waals surface area contributed by atoms with Gasteiger partial charge in [-0.25, -0.2) is 0 Å². The van der Waals surface area contributed by atoms with Crippen molar-refractivity contribution >= 4 is 34.6 Å². The zero-order chi connectivity index (χ0) is 26.5. The van der Waals surface area contributed by atoms with Crippen LogP contribution < -0.4 is 19.7 Å². The molecule has 2 aromatic carbocycles. The number of benzene rings is 2. The summed E-state index contributed by atoms with van der Waals surface area (Å²) >= 11 is 12.5. The van der Waals surface area contributed by atoms with Crippen molar-refractivity contribution in [3.8, 4) is 17.2 Å². The molecule has 0 aliphatic carbocycles. The third-order valence-corrected chi connectivity index (χ3v) is 6.96. The maximum atomic E-state index is 6.64. The molecule has 0 spiro atoms. The SMILES string of the molecule is CCOc1ccc(-n2cccc2[C@H]2[C@@H](c3ccccn3)NC(=S)N2c2ccc(OCCOC)c(Cl)c2)cc1. The molecule has 1 N–H and O–H groups in total. The van der Waals surface area contributed by atoms with Gasteiger partial charge in [0.1, 0.15) is 24.1 Å². The Morgan fingerprint density at radius 2 is 1.79 bits per heavy atom. The van der Waals surface area contributed by atoms with Gasteiger partial charge in [0.05, 0.1) is 30.0 Å². The summed E-state index contributed by atoms with van der Waals surface area (Å²) in [6, 6.07) is 23.5. The number of hydrogen-bond acceptors (Lipinski definition) is 5. The normalized spacial score (nSPS) is 16.9. The average molecular weight is 549 g/mol. The van der Waals surface area contributed by atoms with Gasteiger partial charge >= 0.3 is 0 Å². The fourth-order valence-corrected chi connectivity index (χ4v) is 5.24. The Morgan fingerprint density at radius 3 is 2.50 bits per heavy atom. The highest BCUT2D eigenvalue weighted by Gasteiger charge is 2.42. The van der Waals surface area contributed by atoms with Gasteiger partial charge in [0, 0.05) is 36.6 Å². The Morgan fingerprint density at radius 1 is 0.974 bits per heavy atom. The minimum absolute atomic E-state index is 0.184. The summed E-state index contributed by atoms with van der Waals surface area (Å²) in [5, 5.41) is 4.60. The number of hydrogen-bond donors (Lipinski definition) is 1. The predicted octanol–water partition coefficient (Wildman–Crippen LogP) is 6.13. The maximum absolute atomic E-state index is 6.64. The Labute approximate surface area is 232 Å². The molecule has 38 heavy (non-hydrogen) atoms. The number of aromatic nitrogens is 2. The van der Waals surface area contributed by atoms with E-state index >= 15 is 0 Å². The van der Waals surface area contributed by atoms with Crippen LogP contribution in [0.3, 0.4) is 0 Å². The van der Waals surface area contributed by atoms with Gasteiger partial charge in [0.15, 0.2) is 5.11 Å². The third kappa shape index (κ3) is 5.34. The van der Waals surface area contributed by atoms with E-state index < -0.39 is 0 Å². The second-order valence-electron chi connectivity index (χ2n) is 8.68. The summed E-state index contributed by atoms with van der Waals surface area (Å²) in [7, 11) is 1.64. The Bertz CT molecular complexity index is 1380. The van der Waals surface area contributed by atoms with Gasteiger partial charge < -0.3 is 29.0 Å². The summed E-state index contributed by atoms with van der Waals surface area (Å²) in [6.45, 7) is 3.50. The summed E-state index contributed by atoms with van der Waals surface area (Å²) in [5.41, 5.74) is 3.82. The van der Waals surface area contributed by atoms with E-state index in [4.69, 9.17) is 38.0 Å². The van der Waals surface area contributed by atoms with Crippen molar-refractivity contribution in [3.63, 3.8) is 0 Å². The highest BCUT2D eigenvalue weighted by Crippen LogP contribution is 2.43. The van der Waals surface area contributed by atoms with Gasteiger partial charge in [-0.05, 0) is 85.9 Å².